The number of fused-ring (bicyclic) bond motifs is 1. The molecule has 2 aromatic rings. The van der Waals surface area contributed by atoms with Crippen LogP contribution in [0.5, 0.6) is 0 Å². The van der Waals surface area contributed by atoms with Gasteiger partial charge >= 0.3 is 0 Å². The van der Waals surface area contributed by atoms with Gasteiger partial charge in [0.05, 0.1) is 16.9 Å². The largest absolute Gasteiger partial charge is 0.365 e. The van der Waals surface area contributed by atoms with Gasteiger partial charge in [0, 0.05) is 19.1 Å². The summed E-state index contributed by atoms with van der Waals surface area (Å²) >= 11 is 0. The highest BCUT2D eigenvalue weighted by molar-refractivity contribution is 6.08. The summed E-state index contributed by atoms with van der Waals surface area (Å²) in [6, 6.07) is 14.7. The first-order valence-corrected chi connectivity index (χ1v) is 7.68. The standard InChI is InChI=1S/C18H17FN2O/c19-15-6-2-1-5-14(15)18(22)21-12-11-20(13-9-10-13)16-7-3-4-8-17(16)21/h1-8,13H,9-12H2. The van der Waals surface area contributed by atoms with E-state index in [4.69, 9.17) is 0 Å². The van der Waals surface area contributed by atoms with Gasteiger partial charge in [-0.15, -0.1) is 0 Å². The number of carbonyl (C=O) groups is 1. The minimum atomic E-state index is -0.463. The summed E-state index contributed by atoms with van der Waals surface area (Å²) in [5.74, 6) is -0.726. The SMILES string of the molecule is O=C(c1ccccc1F)N1CCN(C2CC2)c2ccccc21. The Bertz CT molecular complexity index is 727. The van der Waals surface area contributed by atoms with Gasteiger partial charge in [0.2, 0.25) is 0 Å². The second-order valence-corrected chi connectivity index (χ2v) is 5.85. The van der Waals surface area contributed by atoms with Crippen molar-refractivity contribution < 1.29 is 9.18 Å². The van der Waals surface area contributed by atoms with Crippen molar-refractivity contribution in [1.82, 2.24) is 0 Å². The molecule has 22 heavy (non-hydrogen) atoms. The summed E-state index contributed by atoms with van der Waals surface area (Å²) in [6.45, 7) is 1.41. The molecule has 3 nitrogen and oxygen atoms in total. The first-order chi connectivity index (χ1) is 10.8. The average molecular weight is 296 g/mol. The number of amides is 1. The van der Waals surface area contributed by atoms with E-state index < -0.39 is 5.82 Å². The number of halogens is 1. The molecule has 1 heterocycles. The van der Waals surface area contributed by atoms with Gasteiger partial charge in [-0.1, -0.05) is 24.3 Å². The molecule has 4 rings (SSSR count). The molecule has 0 bridgehead atoms. The summed E-state index contributed by atoms with van der Waals surface area (Å²) < 4.78 is 13.9. The molecule has 0 atom stereocenters. The fourth-order valence-electron chi connectivity index (χ4n) is 3.14. The first-order valence-electron chi connectivity index (χ1n) is 7.68. The maximum absolute atomic E-state index is 13.9. The van der Waals surface area contributed by atoms with Gasteiger partial charge in [0.1, 0.15) is 5.82 Å². The Labute approximate surface area is 129 Å². The van der Waals surface area contributed by atoms with E-state index in [9.17, 15) is 9.18 Å². The van der Waals surface area contributed by atoms with Crippen LogP contribution in [0.2, 0.25) is 0 Å². The van der Waals surface area contributed by atoms with Gasteiger partial charge in [-0.25, -0.2) is 4.39 Å². The van der Waals surface area contributed by atoms with Crippen LogP contribution >= 0.6 is 0 Å². The minimum absolute atomic E-state index is 0.136. The predicted molar refractivity (Wildman–Crippen MR) is 84.9 cm³/mol. The highest BCUT2D eigenvalue weighted by Gasteiger charge is 2.35. The van der Waals surface area contributed by atoms with Crippen molar-refractivity contribution in [1.29, 1.82) is 0 Å². The molecule has 0 radical (unpaired) electrons. The second-order valence-electron chi connectivity index (χ2n) is 5.85. The quantitative estimate of drug-likeness (QED) is 0.847. The molecule has 112 valence electrons. The van der Waals surface area contributed by atoms with Crippen LogP contribution in [0.4, 0.5) is 15.8 Å². The van der Waals surface area contributed by atoms with Crippen LogP contribution in [-0.4, -0.2) is 25.0 Å². The average Bonchev–Trinajstić information content (AvgIpc) is 3.38. The van der Waals surface area contributed by atoms with Gasteiger partial charge in [0.15, 0.2) is 0 Å². The normalized spacial score (nSPS) is 17.3. The number of hydrogen-bond acceptors (Lipinski definition) is 2. The summed E-state index contributed by atoms with van der Waals surface area (Å²) in [5.41, 5.74) is 2.10. The van der Waals surface area contributed by atoms with Crippen molar-refractivity contribution in [2.24, 2.45) is 0 Å². The zero-order valence-electron chi connectivity index (χ0n) is 12.2. The van der Waals surface area contributed by atoms with Crippen LogP contribution < -0.4 is 9.80 Å². The van der Waals surface area contributed by atoms with Gasteiger partial charge in [-0.3, -0.25) is 4.79 Å². The first kappa shape index (κ1) is 13.3. The van der Waals surface area contributed by atoms with Crippen LogP contribution in [0.15, 0.2) is 48.5 Å². The Morgan fingerprint density at radius 2 is 1.64 bits per heavy atom. The Balaban J connectivity index is 1.72. The summed E-state index contributed by atoms with van der Waals surface area (Å²) in [4.78, 5) is 16.8. The number of nitrogens with zero attached hydrogens (tertiary/aromatic N) is 2. The Hall–Kier alpha value is -2.36. The van der Waals surface area contributed by atoms with Gasteiger partial charge in [0.25, 0.3) is 5.91 Å². The van der Waals surface area contributed by atoms with E-state index in [0.29, 0.717) is 12.6 Å². The van der Waals surface area contributed by atoms with Gasteiger partial charge in [-0.2, -0.15) is 0 Å². The number of hydrogen-bond donors (Lipinski definition) is 0. The maximum Gasteiger partial charge on any atom is 0.261 e. The van der Waals surface area contributed by atoms with Gasteiger partial charge < -0.3 is 9.80 Å². The lowest BCUT2D eigenvalue weighted by atomic mass is 10.1. The zero-order chi connectivity index (χ0) is 15.1. The molecule has 2 aromatic carbocycles. The smallest absolute Gasteiger partial charge is 0.261 e. The lowest BCUT2D eigenvalue weighted by Crippen LogP contribution is -2.45. The van der Waals surface area contributed by atoms with Crippen LogP contribution in [0, 0.1) is 5.82 Å². The van der Waals surface area contributed by atoms with E-state index in [1.54, 1.807) is 23.1 Å². The molecule has 1 aliphatic heterocycles. The van der Waals surface area contributed by atoms with Crippen molar-refractivity contribution in [3.05, 3.63) is 59.9 Å². The summed E-state index contributed by atoms with van der Waals surface area (Å²) in [5, 5.41) is 0. The van der Waals surface area contributed by atoms with E-state index in [1.165, 1.54) is 18.9 Å². The molecule has 2 aliphatic rings. The molecule has 0 aromatic heterocycles. The highest BCUT2D eigenvalue weighted by atomic mass is 19.1. The van der Waals surface area contributed by atoms with Crippen molar-refractivity contribution in [2.75, 3.05) is 22.9 Å². The number of para-hydroxylation sites is 2. The molecular weight excluding hydrogens is 279 g/mol. The lowest BCUT2D eigenvalue weighted by Gasteiger charge is -2.38. The van der Waals surface area contributed by atoms with E-state index >= 15 is 0 Å². The molecule has 0 saturated heterocycles. The minimum Gasteiger partial charge on any atom is -0.365 e. The fraction of sp³-hybridized carbons (Fsp3) is 0.278. The molecule has 1 amide bonds. The lowest BCUT2D eigenvalue weighted by molar-refractivity contribution is 0.0982. The number of benzene rings is 2. The Morgan fingerprint density at radius 3 is 2.36 bits per heavy atom. The maximum atomic E-state index is 13.9. The monoisotopic (exact) mass is 296 g/mol. The second kappa shape index (κ2) is 5.13. The van der Waals surface area contributed by atoms with E-state index in [0.717, 1.165) is 17.9 Å². The summed E-state index contributed by atoms with van der Waals surface area (Å²) in [7, 11) is 0. The summed E-state index contributed by atoms with van der Waals surface area (Å²) in [6.07, 6.45) is 2.44. The van der Waals surface area contributed by atoms with Crippen LogP contribution in [-0.2, 0) is 0 Å². The Kier molecular flexibility index (Phi) is 3.10. The third kappa shape index (κ3) is 2.15. The number of carbonyl (C=O) groups excluding carboxylic acids is 1. The van der Waals surface area contributed by atoms with Crippen molar-refractivity contribution >= 4 is 17.3 Å². The molecule has 1 fully saturated rings. The van der Waals surface area contributed by atoms with Crippen LogP contribution in [0.25, 0.3) is 0 Å². The molecule has 0 unspecified atom stereocenters. The topological polar surface area (TPSA) is 23.6 Å². The van der Waals surface area contributed by atoms with Crippen LogP contribution in [0.3, 0.4) is 0 Å². The molecule has 1 saturated carbocycles. The van der Waals surface area contributed by atoms with E-state index in [1.807, 2.05) is 18.2 Å². The zero-order valence-corrected chi connectivity index (χ0v) is 12.2. The van der Waals surface area contributed by atoms with Gasteiger partial charge in [-0.05, 0) is 37.1 Å². The van der Waals surface area contributed by atoms with E-state index in [2.05, 4.69) is 11.0 Å². The third-order valence-electron chi connectivity index (χ3n) is 4.38. The van der Waals surface area contributed by atoms with E-state index in [-0.39, 0.29) is 11.5 Å². The number of anilines is 2. The third-order valence-corrected chi connectivity index (χ3v) is 4.38. The van der Waals surface area contributed by atoms with Crippen molar-refractivity contribution in [3.8, 4) is 0 Å². The Morgan fingerprint density at radius 1 is 0.955 bits per heavy atom. The van der Waals surface area contributed by atoms with Crippen molar-refractivity contribution in [3.63, 3.8) is 0 Å². The predicted octanol–water partition coefficient (Wildman–Crippen LogP) is 3.45. The highest BCUT2D eigenvalue weighted by Crippen LogP contribution is 2.40. The molecular formula is C18H17FN2O. The number of rotatable bonds is 2. The molecule has 4 heteroatoms. The van der Waals surface area contributed by atoms with Crippen LogP contribution in [0.1, 0.15) is 23.2 Å². The molecule has 1 aliphatic carbocycles. The van der Waals surface area contributed by atoms with Crippen molar-refractivity contribution in [2.45, 2.75) is 18.9 Å². The fourth-order valence-corrected chi connectivity index (χ4v) is 3.14. The molecule has 0 N–H and O–H groups in total. The molecule has 0 spiro atoms.